The number of rotatable bonds is 7. The highest BCUT2D eigenvalue weighted by Gasteiger charge is 2.17. The maximum Gasteiger partial charge on any atom is 0.270 e. The topological polar surface area (TPSA) is 63.2 Å². The van der Waals surface area contributed by atoms with Gasteiger partial charge in [-0.15, -0.1) is 0 Å². The minimum atomic E-state index is -0.0756. The predicted molar refractivity (Wildman–Crippen MR) is 104 cm³/mol. The molecule has 26 heavy (non-hydrogen) atoms. The number of anilines is 1. The zero-order valence-corrected chi connectivity index (χ0v) is 15.3. The summed E-state index contributed by atoms with van der Waals surface area (Å²) in [5, 5.41) is 6.48. The normalized spacial score (nSPS) is 14.7. The minimum Gasteiger partial charge on any atom is -0.497 e. The summed E-state index contributed by atoms with van der Waals surface area (Å²) < 4.78 is 5.25. The van der Waals surface area contributed by atoms with Gasteiger partial charge in [-0.2, -0.15) is 0 Å². The van der Waals surface area contributed by atoms with Crippen LogP contribution in [0.5, 0.6) is 5.75 Å². The van der Waals surface area contributed by atoms with Crippen molar-refractivity contribution >= 4 is 11.6 Å². The molecule has 2 N–H and O–H groups in total. The Morgan fingerprint density at radius 2 is 2.04 bits per heavy atom. The molecule has 0 bridgehead atoms. The fourth-order valence-electron chi connectivity index (χ4n) is 3.35. The number of carbonyl (C=O) groups excluding carboxylic acids is 1. The summed E-state index contributed by atoms with van der Waals surface area (Å²) in [5.41, 5.74) is 2.60. The first kappa shape index (κ1) is 18.2. The summed E-state index contributed by atoms with van der Waals surface area (Å²) in [6, 6.07) is 12.1. The molecule has 5 nitrogen and oxygen atoms in total. The van der Waals surface area contributed by atoms with Gasteiger partial charge in [0.15, 0.2) is 0 Å². The molecule has 0 atom stereocenters. The fourth-order valence-corrected chi connectivity index (χ4v) is 3.35. The molecule has 0 spiro atoms. The molecule has 1 fully saturated rings. The van der Waals surface area contributed by atoms with Crippen molar-refractivity contribution in [3.8, 4) is 5.75 Å². The van der Waals surface area contributed by atoms with Crippen LogP contribution in [0.1, 0.15) is 48.2 Å². The summed E-state index contributed by atoms with van der Waals surface area (Å²) in [5.74, 6) is 0.793. The zero-order valence-electron chi connectivity index (χ0n) is 15.3. The van der Waals surface area contributed by atoms with Crippen molar-refractivity contribution in [1.29, 1.82) is 0 Å². The van der Waals surface area contributed by atoms with E-state index in [9.17, 15) is 4.79 Å². The van der Waals surface area contributed by atoms with Crippen LogP contribution in [0.25, 0.3) is 0 Å². The van der Waals surface area contributed by atoms with E-state index in [4.69, 9.17) is 4.74 Å². The van der Waals surface area contributed by atoms with Crippen molar-refractivity contribution < 1.29 is 9.53 Å². The van der Waals surface area contributed by atoms with Gasteiger partial charge in [0, 0.05) is 24.5 Å². The van der Waals surface area contributed by atoms with Crippen LogP contribution in [0, 0.1) is 0 Å². The van der Waals surface area contributed by atoms with E-state index >= 15 is 0 Å². The molecule has 0 unspecified atom stereocenters. The molecule has 3 rings (SSSR count). The first-order valence-corrected chi connectivity index (χ1v) is 9.38. The lowest BCUT2D eigenvalue weighted by atomic mass is 9.95. The Balaban J connectivity index is 1.52. The third-order valence-corrected chi connectivity index (χ3v) is 4.81. The molecule has 0 aliphatic heterocycles. The van der Waals surface area contributed by atoms with E-state index in [1.54, 1.807) is 13.3 Å². The van der Waals surface area contributed by atoms with Crippen LogP contribution in [-0.4, -0.2) is 30.6 Å². The standard InChI is InChI=1S/C21H27N3O2/c1-26-19-9-5-6-16(14-19)10-12-22-18-11-13-23-20(15-18)21(25)24-17-7-3-2-4-8-17/h5-6,9,11,13-15,17H,2-4,7-8,10,12H2,1H3,(H,22,23)(H,24,25). The molecule has 1 heterocycles. The van der Waals surface area contributed by atoms with E-state index < -0.39 is 0 Å². The van der Waals surface area contributed by atoms with Crippen LogP contribution < -0.4 is 15.4 Å². The van der Waals surface area contributed by atoms with Gasteiger partial charge in [-0.1, -0.05) is 31.4 Å². The number of ether oxygens (including phenoxy) is 1. The summed E-state index contributed by atoms with van der Waals surface area (Å²) in [7, 11) is 1.67. The van der Waals surface area contributed by atoms with Gasteiger partial charge in [-0.25, -0.2) is 0 Å². The Labute approximate surface area is 155 Å². The monoisotopic (exact) mass is 353 g/mol. The van der Waals surface area contributed by atoms with Crippen molar-refractivity contribution in [2.75, 3.05) is 19.0 Å². The number of nitrogens with one attached hydrogen (secondary N) is 2. The van der Waals surface area contributed by atoms with Crippen molar-refractivity contribution in [2.24, 2.45) is 0 Å². The van der Waals surface area contributed by atoms with Crippen molar-refractivity contribution in [3.05, 3.63) is 53.9 Å². The second-order valence-electron chi connectivity index (χ2n) is 6.77. The van der Waals surface area contributed by atoms with Crippen LogP contribution >= 0.6 is 0 Å². The van der Waals surface area contributed by atoms with Crippen LogP contribution in [-0.2, 0) is 6.42 Å². The Morgan fingerprint density at radius 1 is 1.19 bits per heavy atom. The molecular formula is C21H27N3O2. The van der Waals surface area contributed by atoms with E-state index in [2.05, 4.69) is 21.7 Å². The second-order valence-corrected chi connectivity index (χ2v) is 6.77. The largest absolute Gasteiger partial charge is 0.497 e. The summed E-state index contributed by atoms with van der Waals surface area (Å²) >= 11 is 0. The van der Waals surface area contributed by atoms with Gasteiger partial charge in [0.2, 0.25) is 0 Å². The molecule has 1 amide bonds. The predicted octanol–water partition coefficient (Wildman–Crippen LogP) is 3.81. The van der Waals surface area contributed by atoms with Crippen LogP contribution in [0.3, 0.4) is 0 Å². The zero-order chi connectivity index (χ0) is 18.2. The molecule has 1 aromatic heterocycles. The maximum atomic E-state index is 12.4. The number of hydrogen-bond acceptors (Lipinski definition) is 4. The number of benzene rings is 1. The van der Waals surface area contributed by atoms with E-state index in [1.165, 1.54) is 24.8 Å². The SMILES string of the molecule is COc1cccc(CCNc2ccnc(C(=O)NC3CCCCC3)c2)c1. The lowest BCUT2D eigenvalue weighted by Gasteiger charge is -2.22. The third kappa shape index (κ3) is 5.22. The quantitative estimate of drug-likeness (QED) is 0.794. The van der Waals surface area contributed by atoms with Crippen molar-refractivity contribution in [2.45, 2.75) is 44.6 Å². The maximum absolute atomic E-state index is 12.4. The molecule has 0 saturated heterocycles. The van der Waals surface area contributed by atoms with Crippen molar-refractivity contribution in [1.82, 2.24) is 10.3 Å². The average molecular weight is 353 g/mol. The molecule has 0 radical (unpaired) electrons. The molecule has 5 heteroatoms. The highest BCUT2D eigenvalue weighted by molar-refractivity contribution is 5.93. The van der Waals surface area contributed by atoms with Gasteiger partial charge < -0.3 is 15.4 Å². The van der Waals surface area contributed by atoms with E-state index in [-0.39, 0.29) is 5.91 Å². The molecule has 1 aromatic carbocycles. The molecule has 1 aliphatic carbocycles. The first-order chi connectivity index (χ1) is 12.7. The number of methoxy groups -OCH3 is 1. The fraction of sp³-hybridized carbons (Fsp3) is 0.429. The minimum absolute atomic E-state index is 0.0756. The van der Waals surface area contributed by atoms with Crippen molar-refractivity contribution in [3.63, 3.8) is 0 Å². The van der Waals surface area contributed by atoms with Gasteiger partial charge in [0.1, 0.15) is 11.4 Å². The smallest absolute Gasteiger partial charge is 0.270 e. The molecule has 1 aliphatic rings. The average Bonchev–Trinajstić information content (AvgIpc) is 2.69. The Morgan fingerprint density at radius 3 is 2.85 bits per heavy atom. The highest BCUT2D eigenvalue weighted by atomic mass is 16.5. The lowest BCUT2D eigenvalue weighted by Crippen LogP contribution is -2.36. The van der Waals surface area contributed by atoms with Crippen LogP contribution in [0.2, 0.25) is 0 Å². The first-order valence-electron chi connectivity index (χ1n) is 9.38. The van der Waals surface area contributed by atoms with E-state index in [0.29, 0.717) is 11.7 Å². The molecular weight excluding hydrogens is 326 g/mol. The Hall–Kier alpha value is -2.56. The van der Waals surface area contributed by atoms with Gasteiger partial charge in [-0.3, -0.25) is 9.78 Å². The van der Waals surface area contributed by atoms with Gasteiger partial charge >= 0.3 is 0 Å². The number of aromatic nitrogens is 1. The molecule has 2 aromatic rings. The highest BCUT2D eigenvalue weighted by Crippen LogP contribution is 2.18. The summed E-state index contributed by atoms with van der Waals surface area (Å²) in [4.78, 5) is 16.6. The van der Waals surface area contributed by atoms with Gasteiger partial charge in [0.05, 0.1) is 7.11 Å². The van der Waals surface area contributed by atoms with Gasteiger partial charge in [-0.05, 0) is 49.1 Å². The molecule has 1 saturated carbocycles. The Bertz CT molecular complexity index is 727. The van der Waals surface area contributed by atoms with E-state index in [1.807, 2.05) is 30.3 Å². The summed E-state index contributed by atoms with van der Waals surface area (Å²) in [6.07, 6.45) is 8.38. The number of hydrogen-bond donors (Lipinski definition) is 2. The lowest BCUT2D eigenvalue weighted by molar-refractivity contribution is 0.0922. The van der Waals surface area contributed by atoms with Crippen LogP contribution in [0.4, 0.5) is 5.69 Å². The number of amides is 1. The number of nitrogens with zero attached hydrogens (tertiary/aromatic N) is 1. The van der Waals surface area contributed by atoms with Crippen LogP contribution in [0.15, 0.2) is 42.6 Å². The molecule has 138 valence electrons. The number of carbonyl (C=O) groups is 1. The summed E-state index contributed by atoms with van der Waals surface area (Å²) in [6.45, 7) is 0.779. The van der Waals surface area contributed by atoms with Gasteiger partial charge in [0.25, 0.3) is 5.91 Å². The third-order valence-electron chi connectivity index (χ3n) is 4.81. The van der Waals surface area contributed by atoms with E-state index in [0.717, 1.165) is 37.2 Å². The number of pyridine rings is 1. The Kier molecular flexibility index (Phi) is 6.47. The second kappa shape index (κ2) is 9.22.